The second-order valence-electron chi connectivity index (χ2n) is 7.72. The molecule has 2 aliphatic heterocycles. The number of likely N-dealkylation sites (tertiary alicyclic amines) is 1. The molecule has 1 atom stereocenters. The van der Waals surface area contributed by atoms with Gasteiger partial charge in [0.2, 0.25) is 21.8 Å². The van der Waals surface area contributed by atoms with Gasteiger partial charge in [0.25, 0.3) is 0 Å². The molecule has 166 valence electrons. The van der Waals surface area contributed by atoms with Crippen LogP contribution in [-0.2, 0) is 26.2 Å². The summed E-state index contributed by atoms with van der Waals surface area (Å²) in [6.07, 6.45) is 4.10. The Bertz CT molecular complexity index is 1090. The van der Waals surface area contributed by atoms with E-state index >= 15 is 0 Å². The van der Waals surface area contributed by atoms with Crippen LogP contribution in [-0.4, -0.2) is 43.5 Å². The fourth-order valence-electron chi connectivity index (χ4n) is 3.70. The van der Waals surface area contributed by atoms with Crippen LogP contribution in [0, 0.1) is 6.92 Å². The summed E-state index contributed by atoms with van der Waals surface area (Å²) in [5, 5.41) is 1.86. The van der Waals surface area contributed by atoms with E-state index in [1.54, 1.807) is 30.0 Å². The Hall–Kier alpha value is -2.30. The maximum atomic E-state index is 12.9. The number of anilines is 1. The van der Waals surface area contributed by atoms with Gasteiger partial charge in [-0.15, -0.1) is 11.8 Å². The molecule has 1 saturated heterocycles. The SMILES string of the molecule is Cc1ccc(CNS(=O)(=O)c2ccc3c(c2)NC(=O)[C@H](C(=O)N2CCCCCC2)S3)o1. The number of benzene rings is 1. The van der Waals surface area contributed by atoms with Crippen molar-refractivity contribution in [3.63, 3.8) is 0 Å². The highest BCUT2D eigenvalue weighted by atomic mass is 32.2. The number of nitrogens with one attached hydrogen (secondary N) is 2. The van der Waals surface area contributed by atoms with Gasteiger partial charge in [-0.3, -0.25) is 9.59 Å². The van der Waals surface area contributed by atoms with Gasteiger partial charge in [0.1, 0.15) is 11.5 Å². The lowest BCUT2D eigenvalue weighted by Crippen LogP contribution is -2.45. The van der Waals surface area contributed by atoms with Gasteiger partial charge >= 0.3 is 0 Å². The number of carbonyl (C=O) groups excluding carboxylic acids is 2. The number of thioether (sulfide) groups is 1. The fraction of sp³-hybridized carbons (Fsp3) is 0.429. The van der Waals surface area contributed by atoms with Crippen molar-refractivity contribution in [1.29, 1.82) is 0 Å². The molecule has 8 nitrogen and oxygen atoms in total. The number of rotatable bonds is 5. The fourth-order valence-corrected chi connectivity index (χ4v) is 5.78. The first-order valence-electron chi connectivity index (χ1n) is 10.3. The number of hydrogen-bond donors (Lipinski definition) is 2. The molecule has 2 amide bonds. The van der Waals surface area contributed by atoms with Crippen molar-refractivity contribution in [3.05, 3.63) is 41.9 Å². The Balaban J connectivity index is 1.47. The molecule has 1 aromatic carbocycles. The lowest BCUT2D eigenvalue weighted by molar-refractivity contribution is -0.133. The predicted octanol–water partition coefficient (Wildman–Crippen LogP) is 2.88. The Labute approximate surface area is 185 Å². The van der Waals surface area contributed by atoms with Crippen molar-refractivity contribution in [3.8, 4) is 0 Å². The summed E-state index contributed by atoms with van der Waals surface area (Å²) in [5.41, 5.74) is 0.395. The van der Waals surface area contributed by atoms with Crippen LogP contribution in [0.3, 0.4) is 0 Å². The Morgan fingerprint density at radius 3 is 2.61 bits per heavy atom. The van der Waals surface area contributed by atoms with Crippen LogP contribution in [0.25, 0.3) is 0 Å². The third-order valence-electron chi connectivity index (χ3n) is 5.38. The Morgan fingerprint density at radius 2 is 1.94 bits per heavy atom. The van der Waals surface area contributed by atoms with Crippen LogP contribution in [0.5, 0.6) is 0 Å². The molecule has 2 aliphatic rings. The number of furan rings is 1. The smallest absolute Gasteiger partial charge is 0.247 e. The van der Waals surface area contributed by atoms with Crippen LogP contribution in [0.1, 0.15) is 37.2 Å². The zero-order chi connectivity index (χ0) is 22.0. The molecule has 0 saturated carbocycles. The predicted molar refractivity (Wildman–Crippen MR) is 117 cm³/mol. The summed E-state index contributed by atoms with van der Waals surface area (Å²) in [6.45, 7) is 3.16. The number of carbonyl (C=O) groups is 2. The molecule has 1 aromatic heterocycles. The van der Waals surface area contributed by atoms with E-state index in [0.29, 0.717) is 35.2 Å². The quantitative estimate of drug-likeness (QED) is 0.660. The van der Waals surface area contributed by atoms with Gasteiger partial charge in [0.05, 0.1) is 17.1 Å². The zero-order valence-corrected chi connectivity index (χ0v) is 18.9. The van der Waals surface area contributed by atoms with Gasteiger partial charge in [0, 0.05) is 18.0 Å². The maximum Gasteiger partial charge on any atom is 0.247 e. The van der Waals surface area contributed by atoms with Crippen LogP contribution >= 0.6 is 11.8 Å². The number of nitrogens with zero attached hydrogens (tertiary/aromatic N) is 1. The van der Waals surface area contributed by atoms with Crippen molar-refractivity contribution < 1.29 is 22.4 Å². The summed E-state index contributed by atoms with van der Waals surface area (Å²) in [5.74, 6) is 0.618. The van der Waals surface area contributed by atoms with Gasteiger partial charge in [-0.2, -0.15) is 0 Å². The number of aryl methyl sites for hydroxylation is 1. The monoisotopic (exact) mass is 463 g/mol. The first kappa shape index (κ1) is 21.9. The minimum absolute atomic E-state index is 0.0285. The van der Waals surface area contributed by atoms with Crippen LogP contribution in [0.15, 0.2) is 44.5 Å². The van der Waals surface area contributed by atoms with Crippen molar-refractivity contribution in [2.75, 3.05) is 18.4 Å². The largest absolute Gasteiger partial charge is 0.465 e. The molecule has 0 spiro atoms. The average molecular weight is 464 g/mol. The minimum Gasteiger partial charge on any atom is -0.465 e. The molecule has 4 rings (SSSR count). The van der Waals surface area contributed by atoms with Gasteiger partial charge in [-0.05, 0) is 50.1 Å². The number of amides is 2. The van der Waals surface area contributed by atoms with Gasteiger partial charge in [-0.25, -0.2) is 13.1 Å². The van der Waals surface area contributed by atoms with Gasteiger partial charge < -0.3 is 14.6 Å². The van der Waals surface area contributed by atoms with Crippen LogP contribution < -0.4 is 10.0 Å². The number of sulfonamides is 1. The van der Waals surface area contributed by atoms with Gasteiger partial charge in [0.15, 0.2) is 5.25 Å². The topological polar surface area (TPSA) is 109 Å². The summed E-state index contributed by atoms with van der Waals surface area (Å²) in [4.78, 5) is 28.0. The first-order chi connectivity index (χ1) is 14.8. The zero-order valence-electron chi connectivity index (χ0n) is 17.2. The molecule has 0 radical (unpaired) electrons. The van der Waals surface area contributed by atoms with Gasteiger partial charge in [-0.1, -0.05) is 12.8 Å². The molecule has 0 aliphatic carbocycles. The highest BCUT2D eigenvalue weighted by Gasteiger charge is 2.36. The normalized spacial score (nSPS) is 19.5. The van der Waals surface area contributed by atoms with E-state index < -0.39 is 21.2 Å². The van der Waals surface area contributed by atoms with Crippen molar-refractivity contribution >= 4 is 39.3 Å². The molecule has 1 fully saturated rings. The van der Waals surface area contributed by atoms with E-state index in [-0.39, 0.29) is 17.3 Å². The summed E-state index contributed by atoms with van der Waals surface area (Å²) < 4.78 is 33.2. The number of fused-ring (bicyclic) bond motifs is 1. The first-order valence-corrected chi connectivity index (χ1v) is 12.6. The molecule has 3 heterocycles. The lowest BCUT2D eigenvalue weighted by atomic mass is 10.2. The van der Waals surface area contributed by atoms with Crippen LogP contribution in [0.2, 0.25) is 0 Å². The molecule has 0 bridgehead atoms. The van der Waals surface area contributed by atoms with E-state index in [2.05, 4.69) is 10.0 Å². The van der Waals surface area contributed by atoms with Crippen molar-refractivity contribution in [2.24, 2.45) is 0 Å². The molecule has 0 unspecified atom stereocenters. The molecule has 2 aromatic rings. The number of hydrogen-bond acceptors (Lipinski definition) is 6. The Kier molecular flexibility index (Phi) is 6.40. The van der Waals surface area contributed by atoms with Crippen molar-refractivity contribution in [1.82, 2.24) is 9.62 Å². The maximum absolute atomic E-state index is 12.9. The second-order valence-corrected chi connectivity index (χ2v) is 10.6. The summed E-state index contributed by atoms with van der Waals surface area (Å²) in [6, 6.07) is 8.00. The molecule has 10 heteroatoms. The van der Waals surface area contributed by atoms with E-state index in [1.807, 2.05) is 0 Å². The summed E-state index contributed by atoms with van der Waals surface area (Å²) >= 11 is 1.17. The Morgan fingerprint density at radius 1 is 1.19 bits per heavy atom. The van der Waals surface area contributed by atoms with Crippen molar-refractivity contribution in [2.45, 2.75) is 54.2 Å². The molecular weight excluding hydrogens is 438 g/mol. The average Bonchev–Trinajstić information content (AvgIpc) is 2.99. The molecule has 2 N–H and O–H groups in total. The van der Waals surface area contributed by atoms with Crippen LogP contribution in [0.4, 0.5) is 5.69 Å². The minimum atomic E-state index is -3.80. The lowest BCUT2D eigenvalue weighted by Gasteiger charge is -2.28. The van der Waals surface area contributed by atoms with E-state index in [9.17, 15) is 18.0 Å². The highest BCUT2D eigenvalue weighted by Crippen LogP contribution is 2.38. The van der Waals surface area contributed by atoms with E-state index in [0.717, 1.165) is 25.7 Å². The molecule has 31 heavy (non-hydrogen) atoms. The standard InChI is InChI=1S/C21H25N3O5S2/c1-14-6-7-15(29-14)13-22-31(27,28)16-8-9-18-17(12-16)23-20(25)19(30-18)21(26)24-10-4-2-3-5-11-24/h6-9,12,19,22H,2-5,10-11,13H2,1H3,(H,23,25)/t19-/m1/s1. The third-order valence-corrected chi connectivity index (χ3v) is 8.04. The summed E-state index contributed by atoms with van der Waals surface area (Å²) in [7, 11) is -3.80. The van der Waals surface area contributed by atoms with E-state index in [1.165, 1.54) is 23.9 Å². The third kappa shape index (κ3) is 4.97. The highest BCUT2D eigenvalue weighted by molar-refractivity contribution is 8.01. The molecular formula is C21H25N3O5S2. The van der Waals surface area contributed by atoms with E-state index in [4.69, 9.17) is 4.42 Å². The second kappa shape index (κ2) is 9.05.